The lowest BCUT2D eigenvalue weighted by Gasteiger charge is -2.22. The normalized spacial score (nSPS) is 34.4. The van der Waals surface area contributed by atoms with Gasteiger partial charge < -0.3 is 0 Å². The highest BCUT2D eigenvalue weighted by Gasteiger charge is 2.32. The highest BCUT2D eigenvalue weighted by molar-refractivity contribution is 5.02. The van der Waals surface area contributed by atoms with Gasteiger partial charge >= 0.3 is 0 Å². The van der Waals surface area contributed by atoms with E-state index in [1.165, 1.54) is 44.1 Å². The van der Waals surface area contributed by atoms with Crippen molar-refractivity contribution in [1.29, 1.82) is 0 Å². The zero-order chi connectivity index (χ0) is 6.97. The third-order valence-corrected chi connectivity index (χ3v) is 2.94. The van der Waals surface area contributed by atoms with E-state index in [4.69, 9.17) is 0 Å². The fraction of sp³-hybridized carbons (Fsp3) is 0.800. The van der Waals surface area contributed by atoms with Crippen molar-refractivity contribution in [3.63, 3.8) is 0 Å². The molecule has 2 fully saturated rings. The largest absolute Gasteiger partial charge is 0.0999 e. The van der Waals surface area contributed by atoms with Gasteiger partial charge in [-0.1, -0.05) is 12.2 Å². The maximum atomic E-state index is 4.07. The molecule has 0 spiro atoms. The Balaban J connectivity index is 1.89. The van der Waals surface area contributed by atoms with Crippen molar-refractivity contribution < 1.29 is 0 Å². The van der Waals surface area contributed by atoms with E-state index in [0.717, 1.165) is 11.8 Å². The van der Waals surface area contributed by atoms with Crippen molar-refractivity contribution in [1.82, 2.24) is 0 Å². The van der Waals surface area contributed by atoms with Gasteiger partial charge in [0.25, 0.3) is 0 Å². The van der Waals surface area contributed by atoms with Gasteiger partial charge in [-0.2, -0.15) is 0 Å². The van der Waals surface area contributed by atoms with Crippen LogP contribution in [0.25, 0.3) is 0 Å². The first-order valence-electron chi connectivity index (χ1n) is 4.53. The summed E-state index contributed by atoms with van der Waals surface area (Å²) in [5.41, 5.74) is 1.52. The van der Waals surface area contributed by atoms with Crippen molar-refractivity contribution in [3.8, 4) is 0 Å². The second-order valence-corrected chi connectivity index (χ2v) is 3.94. The molecule has 0 aromatic heterocycles. The molecule has 2 saturated carbocycles. The topological polar surface area (TPSA) is 0 Å². The van der Waals surface area contributed by atoms with E-state index in [0.29, 0.717) is 0 Å². The van der Waals surface area contributed by atoms with Crippen LogP contribution in [0.15, 0.2) is 12.2 Å². The molecular formula is C10H16. The lowest BCUT2D eigenvalue weighted by molar-refractivity contribution is 0.375. The van der Waals surface area contributed by atoms with Gasteiger partial charge in [-0.3, -0.25) is 0 Å². The second-order valence-electron chi connectivity index (χ2n) is 3.94. The molecule has 1 unspecified atom stereocenters. The van der Waals surface area contributed by atoms with E-state index in [2.05, 4.69) is 6.58 Å². The van der Waals surface area contributed by atoms with E-state index >= 15 is 0 Å². The Morgan fingerprint density at radius 3 is 2.50 bits per heavy atom. The van der Waals surface area contributed by atoms with Gasteiger partial charge in [0.15, 0.2) is 0 Å². The van der Waals surface area contributed by atoms with Crippen molar-refractivity contribution in [2.24, 2.45) is 11.8 Å². The molecule has 0 bridgehead atoms. The third kappa shape index (κ3) is 1.25. The number of rotatable bonds is 1. The van der Waals surface area contributed by atoms with E-state index in [-0.39, 0.29) is 0 Å². The Bertz CT molecular complexity index is 142. The third-order valence-electron chi connectivity index (χ3n) is 2.94. The Morgan fingerprint density at radius 1 is 1.10 bits per heavy atom. The van der Waals surface area contributed by atoms with Gasteiger partial charge in [0.2, 0.25) is 0 Å². The zero-order valence-corrected chi connectivity index (χ0v) is 6.60. The molecular weight excluding hydrogens is 120 g/mol. The molecule has 56 valence electrons. The first-order chi connectivity index (χ1) is 4.86. The zero-order valence-electron chi connectivity index (χ0n) is 6.60. The molecule has 0 aromatic carbocycles. The Labute approximate surface area is 63.3 Å². The van der Waals surface area contributed by atoms with Gasteiger partial charge in [0, 0.05) is 0 Å². The monoisotopic (exact) mass is 136 g/mol. The molecule has 2 aliphatic carbocycles. The molecule has 0 radical (unpaired) electrons. The first-order valence-corrected chi connectivity index (χ1v) is 4.53. The number of hydrogen-bond acceptors (Lipinski definition) is 0. The maximum absolute atomic E-state index is 4.07. The van der Waals surface area contributed by atoms with Crippen LogP contribution in [0.3, 0.4) is 0 Å². The SMILES string of the molecule is C=C1CCCC(C2CC2)C1. The molecule has 0 aliphatic heterocycles. The average Bonchev–Trinajstić information content (AvgIpc) is 2.68. The maximum Gasteiger partial charge on any atom is -0.0292 e. The smallest absolute Gasteiger partial charge is 0.0292 e. The summed E-state index contributed by atoms with van der Waals surface area (Å²) in [7, 11) is 0. The molecule has 0 heterocycles. The van der Waals surface area contributed by atoms with Crippen LogP contribution < -0.4 is 0 Å². The molecule has 10 heavy (non-hydrogen) atoms. The summed E-state index contributed by atoms with van der Waals surface area (Å²) in [6, 6.07) is 0. The van der Waals surface area contributed by atoms with Crippen LogP contribution in [0.1, 0.15) is 38.5 Å². The molecule has 0 saturated heterocycles. The first kappa shape index (κ1) is 6.45. The molecule has 2 aliphatic rings. The summed E-state index contributed by atoms with van der Waals surface area (Å²) in [6.45, 7) is 4.07. The minimum atomic E-state index is 1.04. The lowest BCUT2D eigenvalue weighted by atomic mass is 9.83. The Hall–Kier alpha value is -0.260. The summed E-state index contributed by atoms with van der Waals surface area (Å²) < 4.78 is 0. The molecule has 1 atom stereocenters. The molecule has 0 N–H and O–H groups in total. The molecule has 0 heteroatoms. The summed E-state index contributed by atoms with van der Waals surface area (Å²) in [4.78, 5) is 0. The highest BCUT2D eigenvalue weighted by atomic mass is 14.4. The molecule has 0 nitrogen and oxygen atoms in total. The van der Waals surface area contributed by atoms with E-state index in [9.17, 15) is 0 Å². The predicted octanol–water partition coefficient (Wildman–Crippen LogP) is 3.14. The summed E-state index contributed by atoms with van der Waals surface area (Å²) in [5, 5.41) is 0. The van der Waals surface area contributed by atoms with E-state index in [1.807, 2.05) is 0 Å². The molecule has 2 rings (SSSR count). The quantitative estimate of drug-likeness (QED) is 0.486. The van der Waals surface area contributed by atoms with Crippen LogP contribution in [0.2, 0.25) is 0 Å². The molecule has 0 amide bonds. The Morgan fingerprint density at radius 2 is 1.90 bits per heavy atom. The molecule has 0 aromatic rings. The lowest BCUT2D eigenvalue weighted by Crippen LogP contribution is -2.09. The number of hydrogen-bond donors (Lipinski definition) is 0. The minimum absolute atomic E-state index is 1.04. The van der Waals surface area contributed by atoms with E-state index < -0.39 is 0 Å². The fourth-order valence-corrected chi connectivity index (χ4v) is 2.16. The van der Waals surface area contributed by atoms with Crippen LogP contribution in [0.5, 0.6) is 0 Å². The standard InChI is InChI=1S/C10H16/c1-8-3-2-4-10(7-8)9-5-6-9/h9-10H,1-7H2. The van der Waals surface area contributed by atoms with Crippen LogP contribution >= 0.6 is 0 Å². The Kier molecular flexibility index (Phi) is 1.55. The van der Waals surface area contributed by atoms with Crippen molar-refractivity contribution in [2.75, 3.05) is 0 Å². The van der Waals surface area contributed by atoms with Crippen molar-refractivity contribution >= 4 is 0 Å². The highest BCUT2D eigenvalue weighted by Crippen LogP contribution is 2.44. The summed E-state index contributed by atoms with van der Waals surface area (Å²) in [5.74, 6) is 2.15. The van der Waals surface area contributed by atoms with Crippen molar-refractivity contribution in [2.45, 2.75) is 38.5 Å². The van der Waals surface area contributed by atoms with Crippen LogP contribution in [0.4, 0.5) is 0 Å². The van der Waals surface area contributed by atoms with Crippen LogP contribution in [-0.4, -0.2) is 0 Å². The second kappa shape index (κ2) is 2.41. The predicted molar refractivity (Wildman–Crippen MR) is 43.8 cm³/mol. The minimum Gasteiger partial charge on any atom is -0.0999 e. The van der Waals surface area contributed by atoms with Crippen molar-refractivity contribution in [3.05, 3.63) is 12.2 Å². The van der Waals surface area contributed by atoms with Gasteiger partial charge in [0.1, 0.15) is 0 Å². The number of allylic oxidation sites excluding steroid dienone is 1. The van der Waals surface area contributed by atoms with Gasteiger partial charge in [-0.15, -0.1) is 0 Å². The summed E-state index contributed by atoms with van der Waals surface area (Å²) in [6.07, 6.45) is 8.59. The van der Waals surface area contributed by atoms with E-state index in [1.54, 1.807) is 0 Å². The fourth-order valence-electron chi connectivity index (χ4n) is 2.16. The van der Waals surface area contributed by atoms with Gasteiger partial charge in [-0.05, 0) is 50.4 Å². The van der Waals surface area contributed by atoms with Gasteiger partial charge in [0.05, 0.1) is 0 Å². The van der Waals surface area contributed by atoms with Gasteiger partial charge in [-0.25, -0.2) is 0 Å². The summed E-state index contributed by atoms with van der Waals surface area (Å²) >= 11 is 0. The average molecular weight is 136 g/mol. The van der Waals surface area contributed by atoms with Crippen LogP contribution in [-0.2, 0) is 0 Å². The van der Waals surface area contributed by atoms with Crippen LogP contribution in [0, 0.1) is 11.8 Å².